The van der Waals surface area contributed by atoms with Crippen LogP contribution in [0.2, 0.25) is 5.02 Å². The van der Waals surface area contributed by atoms with E-state index in [2.05, 4.69) is 5.32 Å². The second kappa shape index (κ2) is 10.0. The summed E-state index contributed by atoms with van der Waals surface area (Å²) < 4.78 is 39.1. The number of halogens is 4. The first-order valence-electron chi connectivity index (χ1n) is 10.6. The van der Waals surface area contributed by atoms with E-state index in [-0.39, 0.29) is 11.3 Å². The van der Waals surface area contributed by atoms with Crippen LogP contribution in [0.25, 0.3) is 16.8 Å². The van der Waals surface area contributed by atoms with Gasteiger partial charge in [0, 0.05) is 10.7 Å². The molecular formula is C28H18ClF3N2O. The number of fused-ring (bicyclic) bond motifs is 1. The molecule has 4 aromatic carbocycles. The van der Waals surface area contributed by atoms with Gasteiger partial charge < -0.3 is 5.32 Å². The highest BCUT2D eigenvalue weighted by atomic mass is 35.5. The molecule has 35 heavy (non-hydrogen) atoms. The smallest absolute Gasteiger partial charge is 0.321 e. The third-order valence-corrected chi connectivity index (χ3v) is 5.87. The summed E-state index contributed by atoms with van der Waals surface area (Å²) in [5.41, 5.74) is 1.20. The highest BCUT2D eigenvalue weighted by Gasteiger charge is 2.30. The van der Waals surface area contributed by atoms with Crippen molar-refractivity contribution in [3.63, 3.8) is 0 Å². The number of benzene rings is 4. The summed E-state index contributed by atoms with van der Waals surface area (Å²) in [5.74, 6) is -0.802. The summed E-state index contributed by atoms with van der Waals surface area (Å²) in [5, 5.41) is 14.5. The zero-order valence-electron chi connectivity index (χ0n) is 18.2. The Balaban J connectivity index is 1.75. The Morgan fingerprint density at radius 2 is 1.69 bits per heavy atom. The van der Waals surface area contributed by atoms with E-state index in [1.165, 1.54) is 18.2 Å². The van der Waals surface area contributed by atoms with Crippen LogP contribution >= 0.6 is 11.6 Å². The van der Waals surface area contributed by atoms with Crippen LogP contribution in [-0.2, 0) is 17.4 Å². The van der Waals surface area contributed by atoms with Crippen LogP contribution in [0.5, 0.6) is 0 Å². The Kier molecular flexibility index (Phi) is 6.90. The number of amides is 1. The fourth-order valence-electron chi connectivity index (χ4n) is 3.78. The molecule has 0 fully saturated rings. The van der Waals surface area contributed by atoms with Crippen molar-refractivity contribution < 1.29 is 18.0 Å². The minimum absolute atomic E-state index is 0.0554. The van der Waals surface area contributed by atoms with Gasteiger partial charge in [0.15, 0.2) is 0 Å². The van der Waals surface area contributed by atoms with Gasteiger partial charge in [-0.25, -0.2) is 0 Å². The number of rotatable bonds is 5. The zero-order chi connectivity index (χ0) is 25.0. The van der Waals surface area contributed by atoms with Crippen molar-refractivity contribution in [2.24, 2.45) is 0 Å². The van der Waals surface area contributed by atoms with E-state index in [0.29, 0.717) is 17.0 Å². The monoisotopic (exact) mass is 490 g/mol. The minimum atomic E-state index is -4.55. The maximum absolute atomic E-state index is 13.0. The molecule has 0 atom stereocenters. The molecule has 0 unspecified atom stereocenters. The molecule has 0 aromatic heterocycles. The summed E-state index contributed by atoms with van der Waals surface area (Å²) in [6.07, 6.45) is -2.62. The molecule has 0 saturated heterocycles. The van der Waals surface area contributed by atoms with E-state index in [1.807, 2.05) is 60.7 Å². The Bertz CT molecular complexity index is 1490. The summed E-state index contributed by atoms with van der Waals surface area (Å²) in [6.45, 7) is 0. The number of carbonyl (C=O) groups excluding carboxylic acids is 1. The third-order valence-electron chi connectivity index (χ3n) is 5.50. The van der Waals surface area contributed by atoms with Crippen LogP contribution in [-0.4, -0.2) is 5.91 Å². The molecular weight excluding hydrogens is 473 g/mol. The molecule has 0 saturated carbocycles. The molecule has 1 amide bonds. The van der Waals surface area contributed by atoms with E-state index >= 15 is 0 Å². The second-order valence-corrected chi connectivity index (χ2v) is 8.24. The average Bonchev–Trinajstić information content (AvgIpc) is 2.84. The molecule has 0 spiro atoms. The number of hydrogen-bond acceptors (Lipinski definition) is 2. The quantitative estimate of drug-likeness (QED) is 0.231. The molecule has 4 rings (SSSR count). The SMILES string of the molecule is N#C/C(=C\c1c(Cc2ccccc2Cl)ccc2ccccc12)C(=O)Nc1cccc(C(F)(F)F)c1. The number of carbonyl (C=O) groups is 1. The standard InChI is InChI=1S/C28H18ClF3N2O/c29-26-11-4-2-7-20(26)14-19-13-12-18-6-1-3-10-24(18)25(19)15-21(17-33)27(35)34-23-9-5-8-22(16-23)28(30,31)32/h1-13,15-16H,14H2,(H,34,35)/b21-15+. The van der Waals surface area contributed by atoms with E-state index in [4.69, 9.17) is 11.6 Å². The van der Waals surface area contributed by atoms with Crippen LogP contribution in [0.3, 0.4) is 0 Å². The number of nitrogens with one attached hydrogen (secondary N) is 1. The van der Waals surface area contributed by atoms with Gasteiger partial charge in [-0.15, -0.1) is 0 Å². The van der Waals surface area contributed by atoms with Crippen molar-refractivity contribution >= 4 is 40.0 Å². The molecule has 174 valence electrons. The molecule has 0 aliphatic carbocycles. The average molecular weight is 491 g/mol. The highest BCUT2D eigenvalue weighted by Crippen LogP contribution is 2.31. The van der Waals surface area contributed by atoms with Gasteiger partial charge in [-0.2, -0.15) is 18.4 Å². The first kappa shape index (κ1) is 24.1. The van der Waals surface area contributed by atoms with Gasteiger partial charge in [0.05, 0.1) is 5.56 Å². The molecule has 4 aromatic rings. The van der Waals surface area contributed by atoms with Crippen molar-refractivity contribution in [3.05, 3.63) is 118 Å². The van der Waals surface area contributed by atoms with Gasteiger partial charge >= 0.3 is 6.18 Å². The van der Waals surface area contributed by atoms with Crippen molar-refractivity contribution in [1.82, 2.24) is 0 Å². The third kappa shape index (κ3) is 5.53. The van der Waals surface area contributed by atoms with Gasteiger partial charge in [0.2, 0.25) is 0 Å². The largest absolute Gasteiger partial charge is 0.416 e. The molecule has 0 radical (unpaired) electrons. The van der Waals surface area contributed by atoms with Crippen molar-refractivity contribution in [2.75, 3.05) is 5.32 Å². The van der Waals surface area contributed by atoms with Crippen molar-refractivity contribution in [2.45, 2.75) is 12.6 Å². The topological polar surface area (TPSA) is 52.9 Å². The van der Waals surface area contributed by atoms with Crippen LogP contribution in [0.15, 0.2) is 90.5 Å². The van der Waals surface area contributed by atoms with E-state index < -0.39 is 17.6 Å². The Morgan fingerprint density at radius 1 is 0.943 bits per heavy atom. The highest BCUT2D eigenvalue weighted by molar-refractivity contribution is 6.31. The van der Waals surface area contributed by atoms with Crippen LogP contribution < -0.4 is 5.32 Å². The number of nitriles is 1. The summed E-state index contributed by atoms with van der Waals surface area (Å²) in [7, 11) is 0. The van der Waals surface area contributed by atoms with E-state index in [1.54, 1.807) is 6.07 Å². The van der Waals surface area contributed by atoms with E-state index in [9.17, 15) is 23.2 Å². The molecule has 1 N–H and O–H groups in total. The lowest BCUT2D eigenvalue weighted by molar-refractivity contribution is -0.137. The zero-order valence-corrected chi connectivity index (χ0v) is 19.0. The molecule has 0 aliphatic heterocycles. The summed E-state index contributed by atoms with van der Waals surface area (Å²) >= 11 is 6.35. The molecule has 3 nitrogen and oxygen atoms in total. The van der Waals surface area contributed by atoms with Crippen LogP contribution in [0, 0.1) is 11.3 Å². The second-order valence-electron chi connectivity index (χ2n) is 7.83. The van der Waals surface area contributed by atoms with Crippen LogP contribution in [0.4, 0.5) is 18.9 Å². The van der Waals surface area contributed by atoms with Gasteiger partial charge in [0.25, 0.3) is 5.91 Å². The summed E-state index contributed by atoms with van der Waals surface area (Å²) in [6, 6.07) is 25.0. The maximum Gasteiger partial charge on any atom is 0.416 e. The Labute approximate surface area is 205 Å². The number of alkyl halides is 3. The minimum Gasteiger partial charge on any atom is -0.321 e. The lowest BCUT2D eigenvalue weighted by atomic mass is 9.93. The fourth-order valence-corrected chi connectivity index (χ4v) is 3.98. The first-order valence-corrected chi connectivity index (χ1v) is 11.0. The number of nitrogens with zero attached hydrogens (tertiary/aromatic N) is 1. The molecule has 0 heterocycles. The molecule has 0 bridgehead atoms. The van der Waals surface area contributed by atoms with Crippen molar-refractivity contribution in [3.8, 4) is 6.07 Å². The maximum atomic E-state index is 13.0. The number of hydrogen-bond donors (Lipinski definition) is 1. The molecule has 0 aliphatic rings. The lowest BCUT2D eigenvalue weighted by Crippen LogP contribution is -2.14. The van der Waals surface area contributed by atoms with Crippen molar-refractivity contribution in [1.29, 1.82) is 5.26 Å². The van der Waals surface area contributed by atoms with Gasteiger partial charge in [-0.1, -0.05) is 72.3 Å². The Hall–Kier alpha value is -4.08. The Morgan fingerprint density at radius 3 is 2.43 bits per heavy atom. The lowest BCUT2D eigenvalue weighted by Gasteiger charge is -2.13. The van der Waals surface area contributed by atoms with Gasteiger partial charge in [-0.3, -0.25) is 4.79 Å². The summed E-state index contributed by atoms with van der Waals surface area (Å²) in [4.78, 5) is 12.9. The van der Waals surface area contributed by atoms with Gasteiger partial charge in [0.1, 0.15) is 11.6 Å². The number of anilines is 1. The normalized spacial score (nSPS) is 11.8. The predicted molar refractivity (Wildman–Crippen MR) is 132 cm³/mol. The van der Waals surface area contributed by atoms with E-state index in [0.717, 1.165) is 34.0 Å². The first-order chi connectivity index (χ1) is 16.8. The van der Waals surface area contributed by atoms with Gasteiger partial charge in [-0.05, 0) is 64.2 Å². The molecule has 7 heteroatoms. The predicted octanol–water partition coefficient (Wildman–Crippen LogP) is 7.65. The van der Waals surface area contributed by atoms with Crippen LogP contribution in [0.1, 0.15) is 22.3 Å². The fraction of sp³-hybridized carbons (Fsp3) is 0.0714.